The van der Waals surface area contributed by atoms with Crippen LogP contribution in [0.2, 0.25) is 0 Å². The highest BCUT2D eigenvalue weighted by Crippen LogP contribution is 2.37. The van der Waals surface area contributed by atoms with Crippen molar-refractivity contribution in [2.75, 3.05) is 13.7 Å². The highest BCUT2D eigenvalue weighted by atomic mass is 16.5. The van der Waals surface area contributed by atoms with Gasteiger partial charge in [0, 0.05) is 12.6 Å². The lowest BCUT2D eigenvalue weighted by Gasteiger charge is -2.23. The van der Waals surface area contributed by atoms with Crippen LogP contribution in [0.5, 0.6) is 0 Å². The minimum atomic E-state index is -0.0272. The second kappa shape index (κ2) is 5.41. The Balaban J connectivity index is 1.96. The minimum absolute atomic E-state index is 0.0272. The Kier molecular flexibility index (Phi) is 4.08. The Hall–Kier alpha value is -0.860. The summed E-state index contributed by atoms with van der Waals surface area (Å²) in [4.78, 5) is 0. The quantitative estimate of drug-likeness (QED) is 0.881. The van der Waals surface area contributed by atoms with Gasteiger partial charge in [-0.25, -0.2) is 0 Å². The molecule has 1 aromatic carbocycles. The molecule has 0 spiro atoms. The highest BCUT2D eigenvalue weighted by molar-refractivity contribution is 5.35. The average Bonchev–Trinajstić information content (AvgIpc) is 2.64. The second-order valence-corrected chi connectivity index (χ2v) is 6.18. The number of hydrogen-bond acceptors (Lipinski definition) is 2. The van der Waals surface area contributed by atoms with E-state index in [0.717, 1.165) is 13.0 Å². The van der Waals surface area contributed by atoms with Crippen molar-refractivity contribution >= 4 is 0 Å². The molecule has 1 aliphatic carbocycles. The number of fused-ring (bicyclic) bond motifs is 1. The minimum Gasteiger partial charge on any atom is -0.376 e. The van der Waals surface area contributed by atoms with Crippen LogP contribution in [0.3, 0.4) is 0 Å². The first kappa shape index (κ1) is 13.6. The predicted molar refractivity (Wildman–Crippen MR) is 75.8 cm³/mol. The second-order valence-electron chi connectivity index (χ2n) is 6.18. The van der Waals surface area contributed by atoms with Gasteiger partial charge < -0.3 is 10.1 Å². The first-order chi connectivity index (χ1) is 8.51. The molecule has 1 aliphatic rings. The van der Waals surface area contributed by atoms with E-state index in [1.807, 2.05) is 0 Å². The molecule has 0 fully saturated rings. The van der Waals surface area contributed by atoms with Gasteiger partial charge in [-0.2, -0.15) is 0 Å². The van der Waals surface area contributed by atoms with E-state index in [1.54, 1.807) is 0 Å². The fraction of sp³-hybridized carbons (Fsp3) is 0.625. The molecule has 18 heavy (non-hydrogen) atoms. The van der Waals surface area contributed by atoms with E-state index >= 15 is 0 Å². The number of ether oxygens (including phenoxy) is 1. The Morgan fingerprint density at radius 3 is 2.67 bits per heavy atom. The summed E-state index contributed by atoms with van der Waals surface area (Å²) < 4.78 is 5.86. The Morgan fingerprint density at radius 1 is 1.28 bits per heavy atom. The van der Waals surface area contributed by atoms with Crippen LogP contribution in [0.25, 0.3) is 0 Å². The summed E-state index contributed by atoms with van der Waals surface area (Å²) in [5.74, 6) is 0.662. The lowest BCUT2D eigenvalue weighted by molar-refractivity contribution is -0.0104. The number of hydrogen-bond donors (Lipinski definition) is 1. The number of nitrogens with one attached hydrogen (secondary N) is 1. The molecule has 2 heteroatoms. The smallest absolute Gasteiger partial charge is 0.0598 e. The molecular formula is C16H25NO. The van der Waals surface area contributed by atoms with E-state index in [0.29, 0.717) is 12.0 Å². The van der Waals surface area contributed by atoms with Crippen molar-refractivity contribution in [2.45, 2.75) is 45.3 Å². The van der Waals surface area contributed by atoms with Crippen LogP contribution < -0.4 is 5.32 Å². The van der Waals surface area contributed by atoms with E-state index in [2.05, 4.69) is 57.4 Å². The van der Waals surface area contributed by atoms with Crippen molar-refractivity contribution in [1.29, 1.82) is 0 Å². The van der Waals surface area contributed by atoms with E-state index in [1.165, 1.54) is 17.5 Å². The van der Waals surface area contributed by atoms with Crippen LogP contribution in [0.1, 0.15) is 44.4 Å². The van der Waals surface area contributed by atoms with E-state index < -0.39 is 0 Å². The lowest BCUT2D eigenvalue weighted by Crippen LogP contribution is -2.25. The van der Waals surface area contributed by atoms with Gasteiger partial charge >= 0.3 is 0 Å². The third kappa shape index (κ3) is 3.12. The first-order valence-corrected chi connectivity index (χ1v) is 6.90. The molecule has 0 bridgehead atoms. The molecule has 1 N–H and O–H groups in total. The van der Waals surface area contributed by atoms with Gasteiger partial charge in [0.05, 0.1) is 5.60 Å². The molecule has 1 aromatic rings. The molecule has 2 rings (SSSR count). The summed E-state index contributed by atoms with van der Waals surface area (Å²) in [5, 5.41) is 3.46. The van der Waals surface area contributed by atoms with Crippen molar-refractivity contribution < 1.29 is 4.74 Å². The zero-order valence-corrected chi connectivity index (χ0v) is 12.0. The van der Waals surface area contributed by atoms with Gasteiger partial charge in [0.2, 0.25) is 0 Å². The van der Waals surface area contributed by atoms with Crippen molar-refractivity contribution in [3.63, 3.8) is 0 Å². The summed E-state index contributed by atoms with van der Waals surface area (Å²) >= 11 is 0. The van der Waals surface area contributed by atoms with E-state index in [-0.39, 0.29) is 5.60 Å². The summed E-state index contributed by atoms with van der Waals surface area (Å²) in [6.07, 6.45) is 2.30. The highest BCUT2D eigenvalue weighted by Gasteiger charge is 2.30. The van der Waals surface area contributed by atoms with Gasteiger partial charge in [-0.1, -0.05) is 24.3 Å². The molecule has 0 saturated heterocycles. The number of rotatable bonds is 4. The SMILES string of the molecule is CNC1c2ccccc2CC1CCOC(C)(C)C. The van der Waals surface area contributed by atoms with Crippen molar-refractivity contribution in [2.24, 2.45) is 5.92 Å². The first-order valence-electron chi connectivity index (χ1n) is 6.90. The summed E-state index contributed by atoms with van der Waals surface area (Å²) in [6, 6.07) is 9.27. The van der Waals surface area contributed by atoms with Gasteiger partial charge in [-0.15, -0.1) is 0 Å². The Labute approximate surface area is 111 Å². The normalized spacial score (nSPS) is 23.1. The molecule has 2 atom stereocenters. The Bertz CT molecular complexity index is 394. The predicted octanol–water partition coefficient (Wildman–Crippen LogP) is 3.32. The molecule has 0 heterocycles. The van der Waals surface area contributed by atoms with Crippen LogP contribution >= 0.6 is 0 Å². The topological polar surface area (TPSA) is 21.3 Å². The molecule has 0 saturated carbocycles. The zero-order chi connectivity index (χ0) is 13.2. The molecule has 0 amide bonds. The van der Waals surface area contributed by atoms with Crippen LogP contribution in [-0.4, -0.2) is 19.3 Å². The van der Waals surface area contributed by atoms with Crippen LogP contribution in [0.4, 0.5) is 0 Å². The van der Waals surface area contributed by atoms with Gasteiger partial charge in [-0.05, 0) is 57.7 Å². The van der Waals surface area contributed by atoms with E-state index in [9.17, 15) is 0 Å². The maximum absolute atomic E-state index is 5.86. The van der Waals surface area contributed by atoms with E-state index in [4.69, 9.17) is 4.74 Å². The molecule has 0 aromatic heterocycles. The lowest BCUT2D eigenvalue weighted by atomic mass is 9.97. The van der Waals surface area contributed by atoms with Crippen molar-refractivity contribution in [3.8, 4) is 0 Å². The van der Waals surface area contributed by atoms with Gasteiger partial charge in [0.25, 0.3) is 0 Å². The van der Waals surface area contributed by atoms with Crippen molar-refractivity contribution in [1.82, 2.24) is 5.32 Å². The standard InChI is InChI=1S/C16H25NO/c1-16(2,3)18-10-9-13-11-12-7-5-6-8-14(12)15(13)17-4/h5-8,13,15,17H,9-11H2,1-4H3. The molecule has 100 valence electrons. The molecule has 2 unspecified atom stereocenters. The molecule has 0 radical (unpaired) electrons. The maximum atomic E-state index is 5.86. The molecule has 2 nitrogen and oxygen atoms in total. The zero-order valence-electron chi connectivity index (χ0n) is 12.0. The number of benzene rings is 1. The fourth-order valence-corrected chi connectivity index (χ4v) is 2.85. The monoisotopic (exact) mass is 247 g/mol. The van der Waals surface area contributed by atoms with Gasteiger partial charge in [0.15, 0.2) is 0 Å². The summed E-state index contributed by atoms with van der Waals surface area (Å²) in [5.41, 5.74) is 2.94. The maximum Gasteiger partial charge on any atom is 0.0598 e. The molecule has 0 aliphatic heterocycles. The average molecular weight is 247 g/mol. The third-order valence-electron chi connectivity index (χ3n) is 3.68. The summed E-state index contributed by atoms with van der Waals surface area (Å²) in [7, 11) is 2.06. The Morgan fingerprint density at radius 2 is 2.00 bits per heavy atom. The third-order valence-corrected chi connectivity index (χ3v) is 3.68. The largest absolute Gasteiger partial charge is 0.376 e. The van der Waals surface area contributed by atoms with Crippen LogP contribution in [-0.2, 0) is 11.2 Å². The van der Waals surface area contributed by atoms with Crippen LogP contribution in [0, 0.1) is 5.92 Å². The van der Waals surface area contributed by atoms with Gasteiger partial charge in [-0.3, -0.25) is 0 Å². The van der Waals surface area contributed by atoms with Crippen LogP contribution in [0.15, 0.2) is 24.3 Å². The summed E-state index contributed by atoms with van der Waals surface area (Å²) in [6.45, 7) is 7.20. The molecular weight excluding hydrogens is 222 g/mol. The van der Waals surface area contributed by atoms with Crippen molar-refractivity contribution in [3.05, 3.63) is 35.4 Å². The van der Waals surface area contributed by atoms with Gasteiger partial charge in [0.1, 0.15) is 0 Å². The fourth-order valence-electron chi connectivity index (χ4n) is 2.85.